The van der Waals surface area contributed by atoms with E-state index in [-0.39, 0.29) is 17.2 Å². The average molecular weight is 365 g/mol. The fraction of sp³-hybridized carbons (Fsp3) is 0.391. The first-order valence-electron chi connectivity index (χ1n) is 9.49. The monoisotopic (exact) mass is 365 g/mol. The van der Waals surface area contributed by atoms with Crippen LogP contribution in [0.5, 0.6) is 0 Å². The van der Waals surface area contributed by atoms with E-state index in [1.807, 2.05) is 48.5 Å². The first-order valence-corrected chi connectivity index (χ1v) is 9.49. The van der Waals surface area contributed by atoms with E-state index in [0.29, 0.717) is 19.5 Å². The van der Waals surface area contributed by atoms with E-state index in [9.17, 15) is 14.7 Å². The van der Waals surface area contributed by atoms with Gasteiger partial charge in [0.15, 0.2) is 0 Å². The lowest BCUT2D eigenvalue weighted by Crippen LogP contribution is -2.31. The largest absolute Gasteiger partial charge is 0.481 e. The van der Waals surface area contributed by atoms with E-state index in [2.05, 4.69) is 26.0 Å². The minimum absolute atomic E-state index is 0.0451. The summed E-state index contributed by atoms with van der Waals surface area (Å²) in [6, 6.07) is 19.9. The molecule has 0 aliphatic carbocycles. The van der Waals surface area contributed by atoms with Crippen molar-refractivity contribution in [1.82, 2.24) is 4.90 Å². The Morgan fingerprint density at radius 3 is 2.19 bits per heavy atom. The van der Waals surface area contributed by atoms with Crippen LogP contribution in [0.2, 0.25) is 0 Å². The Morgan fingerprint density at radius 1 is 1.00 bits per heavy atom. The second-order valence-electron chi connectivity index (χ2n) is 8.01. The normalized spacial score (nSPS) is 19.9. The van der Waals surface area contributed by atoms with Crippen LogP contribution in [0.1, 0.15) is 43.7 Å². The van der Waals surface area contributed by atoms with Gasteiger partial charge in [-0.2, -0.15) is 0 Å². The van der Waals surface area contributed by atoms with Crippen molar-refractivity contribution < 1.29 is 14.7 Å². The molecule has 1 N–H and O–H groups in total. The van der Waals surface area contributed by atoms with Gasteiger partial charge in [-0.1, -0.05) is 74.5 Å². The first-order chi connectivity index (χ1) is 12.9. The maximum Gasteiger partial charge on any atom is 0.308 e. The SMILES string of the molecule is CC(C)(CCC(=O)N1C[C@H](C(=O)O)[C@H](c2ccccc2)C1)c1ccccc1. The third-order valence-corrected chi connectivity index (χ3v) is 5.74. The minimum Gasteiger partial charge on any atom is -0.481 e. The number of hydrogen-bond donors (Lipinski definition) is 1. The highest BCUT2D eigenvalue weighted by Gasteiger charge is 2.40. The molecule has 2 atom stereocenters. The molecular weight excluding hydrogens is 338 g/mol. The standard InChI is InChI=1S/C23H27NO3/c1-23(2,18-11-7-4-8-12-18)14-13-21(25)24-15-19(20(16-24)22(26)27)17-9-5-3-6-10-17/h3-12,19-20H,13-16H2,1-2H3,(H,26,27)/t19-,20-/m0/s1. The van der Waals surface area contributed by atoms with Crippen molar-refractivity contribution >= 4 is 11.9 Å². The van der Waals surface area contributed by atoms with Gasteiger partial charge in [-0.25, -0.2) is 0 Å². The molecule has 3 rings (SSSR count). The molecule has 1 aliphatic rings. The number of likely N-dealkylation sites (tertiary alicyclic amines) is 1. The van der Waals surface area contributed by atoms with Gasteiger partial charge in [-0.05, 0) is 23.0 Å². The highest BCUT2D eigenvalue weighted by atomic mass is 16.4. The maximum atomic E-state index is 12.8. The number of carbonyl (C=O) groups is 2. The Bertz CT molecular complexity index is 786. The van der Waals surface area contributed by atoms with Crippen molar-refractivity contribution in [2.45, 2.75) is 38.0 Å². The van der Waals surface area contributed by atoms with Crippen LogP contribution >= 0.6 is 0 Å². The van der Waals surface area contributed by atoms with Crippen LogP contribution < -0.4 is 0 Å². The van der Waals surface area contributed by atoms with Crippen molar-refractivity contribution in [1.29, 1.82) is 0 Å². The zero-order valence-corrected chi connectivity index (χ0v) is 16.0. The molecule has 0 radical (unpaired) electrons. The van der Waals surface area contributed by atoms with E-state index in [0.717, 1.165) is 12.0 Å². The quantitative estimate of drug-likeness (QED) is 0.839. The maximum absolute atomic E-state index is 12.8. The Morgan fingerprint density at radius 2 is 1.59 bits per heavy atom. The molecule has 2 aromatic rings. The third-order valence-electron chi connectivity index (χ3n) is 5.74. The zero-order chi connectivity index (χ0) is 19.4. The topological polar surface area (TPSA) is 57.6 Å². The van der Waals surface area contributed by atoms with E-state index >= 15 is 0 Å². The summed E-state index contributed by atoms with van der Waals surface area (Å²) in [4.78, 5) is 26.3. The van der Waals surface area contributed by atoms with Crippen molar-refractivity contribution in [3.05, 3.63) is 71.8 Å². The Labute approximate surface area is 160 Å². The van der Waals surface area contributed by atoms with Gasteiger partial charge in [0.05, 0.1) is 5.92 Å². The number of carboxylic acids is 1. The third kappa shape index (κ3) is 4.38. The van der Waals surface area contributed by atoms with Crippen LogP contribution in [0, 0.1) is 5.92 Å². The molecular formula is C23H27NO3. The summed E-state index contributed by atoms with van der Waals surface area (Å²) in [6.45, 7) is 5.06. The van der Waals surface area contributed by atoms with Gasteiger partial charge in [0.25, 0.3) is 0 Å². The van der Waals surface area contributed by atoms with Gasteiger partial charge in [-0.15, -0.1) is 0 Å². The number of amides is 1. The number of benzene rings is 2. The summed E-state index contributed by atoms with van der Waals surface area (Å²) >= 11 is 0. The minimum atomic E-state index is -0.830. The number of aliphatic carboxylic acids is 1. The van der Waals surface area contributed by atoms with Gasteiger partial charge in [0.2, 0.25) is 5.91 Å². The molecule has 1 saturated heterocycles. The number of nitrogens with zero attached hydrogens (tertiary/aromatic N) is 1. The van der Waals surface area contributed by atoms with Crippen LogP contribution in [-0.4, -0.2) is 35.0 Å². The number of rotatable bonds is 6. The molecule has 0 bridgehead atoms. The predicted octanol–water partition coefficient (Wildman–Crippen LogP) is 4.07. The highest BCUT2D eigenvalue weighted by molar-refractivity contribution is 5.79. The molecule has 27 heavy (non-hydrogen) atoms. The Balaban J connectivity index is 1.66. The lowest BCUT2D eigenvalue weighted by molar-refractivity contribution is -0.141. The van der Waals surface area contributed by atoms with Crippen molar-refractivity contribution in [3.63, 3.8) is 0 Å². The smallest absolute Gasteiger partial charge is 0.308 e. The summed E-state index contributed by atoms with van der Waals surface area (Å²) in [5.74, 6) is -1.47. The molecule has 142 valence electrons. The Hall–Kier alpha value is -2.62. The number of hydrogen-bond acceptors (Lipinski definition) is 2. The molecule has 1 heterocycles. The van der Waals surface area contributed by atoms with E-state index in [1.165, 1.54) is 5.56 Å². The van der Waals surface area contributed by atoms with Crippen LogP contribution in [0.15, 0.2) is 60.7 Å². The molecule has 0 spiro atoms. The summed E-state index contributed by atoms with van der Waals surface area (Å²) in [5, 5.41) is 9.61. The van der Waals surface area contributed by atoms with Crippen LogP contribution in [0.4, 0.5) is 0 Å². The fourth-order valence-corrected chi connectivity index (χ4v) is 3.91. The lowest BCUT2D eigenvalue weighted by atomic mass is 9.80. The Kier molecular flexibility index (Phi) is 5.64. The summed E-state index contributed by atoms with van der Waals surface area (Å²) in [5.41, 5.74) is 2.11. The second-order valence-corrected chi connectivity index (χ2v) is 8.01. The van der Waals surface area contributed by atoms with Gasteiger partial charge in [-0.3, -0.25) is 9.59 Å². The van der Waals surface area contributed by atoms with E-state index in [4.69, 9.17) is 0 Å². The molecule has 1 aliphatic heterocycles. The van der Waals surface area contributed by atoms with E-state index in [1.54, 1.807) is 4.90 Å². The van der Waals surface area contributed by atoms with Crippen LogP contribution in [0.25, 0.3) is 0 Å². The van der Waals surface area contributed by atoms with Crippen LogP contribution in [-0.2, 0) is 15.0 Å². The van der Waals surface area contributed by atoms with Gasteiger partial charge in [0, 0.05) is 25.4 Å². The predicted molar refractivity (Wildman–Crippen MR) is 106 cm³/mol. The second kappa shape index (κ2) is 7.95. The lowest BCUT2D eigenvalue weighted by Gasteiger charge is -2.26. The zero-order valence-electron chi connectivity index (χ0n) is 16.0. The fourth-order valence-electron chi connectivity index (χ4n) is 3.91. The van der Waals surface area contributed by atoms with Crippen molar-refractivity contribution in [3.8, 4) is 0 Å². The summed E-state index contributed by atoms with van der Waals surface area (Å²) in [7, 11) is 0. The van der Waals surface area contributed by atoms with Gasteiger partial charge in [0.1, 0.15) is 0 Å². The first kappa shape index (κ1) is 19.2. The molecule has 4 nitrogen and oxygen atoms in total. The average Bonchev–Trinajstić information content (AvgIpc) is 3.13. The van der Waals surface area contributed by atoms with Crippen LogP contribution in [0.3, 0.4) is 0 Å². The molecule has 0 aromatic heterocycles. The number of carboxylic acid groups (broad SMARTS) is 1. The molecule has 2 aromatic carbocycles. The van der Waals surface area contributed by atoms with E-state index < -0.39 is 11.9 Å². The summed E-state index contributed by atoms with van der Waals surface area (Å²) in [6.07, 6.45) is 1.16. The molecule has 4 heteroatoms. The summed E-state index contributed by atoms with van der Waals surface area (Å²) < 4.78 is 0. The van der Waals surface area contributed by atoms with Crippen molar-refractivity contribution in [2.75, 3.05) is 13.1 Å². The molecule has 1 fully saturated rings. The molecule has 0 unspecified atom stereocenters. The number of carbonyl (C=O) groups excluding carboxylic acids is 1. The van der Waals surface area contributed by atoms with Gasteiger partial charge < -0.3 is 10.0 Å². The van der Waals surface area contributed by atoms with Crippen molar-refractivity contribution in [2.24, 2.45) is 5.92 Å². The highest BCUT2D eigenvalue weighted by Crippen LogP contribution is 2.34. The molecule has 1 amide bonds. The molecule has 0 saturated carbocycles. The van der Waals surface area contributed by atoms with Gasteiger partial charge >= 0.3 is 5.97 Å².